The van der Waals surface area contributed by atoms with Gasteiger partial charge in [0.1, 0.15) is 0 Å². The maximum Gasteiger partial charge on any atom is 0.260 e. The molecule has 1 N–H and O–H groups in total. The van der Waals surface area contributed by atoms with E-state index in [-0.39, 0.29) is 5.91 Å². The van der Waals surface area contributed by atoms with Crippen LogP contribution >= 0.6 is 11.3 Å². The molecule has 2 aliphatic heterocycles. The second-order valence-corrected chi connectivity index (χ2v) is 9.95. The van der Waals surface area contributed by atoms with Gasteiger partial charge in [-0.3, -0.25) is 4.79 Å². The Balaban J connectivity index is 1.14. The number of carbonyl (C=O) groups excluding carboxylic acids is 1. The third-order valence-electron chi connectivity index (χ3n) is 6.76. The topological polar surface area (TPSA) is 68.6 Å². The third kappa shape index (κ3) is 4.11. The highest BCUT2D eigenvalue weighted by Crippen LogP contribution is 2.38. The maximum atomic E-state index is 13.1. The van der Waals surface area contributed by atoms with E-state index in [1.54, 1.807) is 24.5 Å². The number of hydrogen-bond acceptors (Lipinski definition) is 6. The van der Waals surface area contributed by atoms with Crippen molar-refractivity contribution in [1.82, 2.24) is 14.5 Å². The predicted molar refractivity (Wildman–Crippen MR) is 143 cm³/mol. The highest BCUT2D eigenvalue weighted by atomic mass is 32.1. The molecule has 184 valence electrons. The number of fused-ring (bicyclic) bond motifs is 3. The number of aromatic nitrogens is 2. The van der Waals surface area contributed by atoms with Gasteiger partial charge in [0, 0.05) is 31.1 Å². The predicted octanol–water partition coefficient (Wildman–Crippen LogP) is 6.14. The van der Waals surface area contributed by atoms with E-state index in [4.69, 9.17) is 14.5 Å². The largest absolute Gasteiger partial charge is 0.493 e. The van der Waals surface area contributed by atoms with Crippen LogP contribution in [0.2, 0.25) is 0 Å². The molecule has 2 aliphatic rings. The van der Waals surface area contributed by atoms with Gasteiger partial charge in [-0.05, 0) is 55.3 Å². The van der Waals surface area contributed by atoms with E-state index in [1.165, 1.54) is 4.88 Å². The first-order valence-electron chi connectivity index (χ1n) is 12.3. The minimum atomic E-state index is 0.0118. The Morgan fingerprint density at radius 3 is 2.89 bits per heavy atom. The summed E-state index contributed by atoms with van der Waals surface area (Å²) in [5.41, 5.74) is 4.57. The third-order valence-corrected chi connectivity index (χ3v) is 7.63. The average Bonchev–Trinajstić information content (AvgIpc) is 3.65. The summed E-state index contributed by atoms with van der Waals surface area (Å²) in [5.74, 6) is 2.25. The van der Waals surface area contributed by atoms with Crippen LogP contribution in [0.3, 0.4) is 0 Å². The van der Waals surface area contributed by atoms with E-state index >= 15 is 0 Å². The van der Waals surface area contributed by atoms with Gasteiger partial charge in [-0.2, -0.15) is 0 Å². The maximum absolute atomic E-state index is 13.1. The first kappa shape index (κ1) is 22.7. The monoisotopic (exact) mass is 500 g/mol. The second kappa shape index (κ2) is 9.70. The Bertz CT molecular complexity index is 1440. The zero-order valence-electron chi connectivity index (χ0n) is 20.2. The molecule has 0 saturated carbocycles. The number of ether oxygens (including phenoxy) is 2. The van der Waals surface area contributed by atoms with E-state index in [1.807, 2.05) is 23.2 Å². The number of imidazole rings is 1. The van der Waals surface area contributed by atoms with Crippen molar-refractivity contribution in [3.05, 3.63) is 71.4 Å². The Morgan fingerprint density at radius 1 is 1.11 bits per heavy atom. The Hall–Kier alpha value is -3.78. The molecule has 1 saturated heterocycles. The summed E-state index contributed by atoms with van der Waals surface area (Å²) in [6, 6.07) is 16.1. The number of anilines is 1. The minimum absolute atomic E-state index is 0.0118. The number of hydrogen-bond donors (Lipinski definition) is 1. The van der Waals surface area contributed by atoms with Crippen molar-refractivity contribution in [3.8, 4) is 22.2 Å². The number of amides is 1. The van der Waals surface area contributed by atoms with Gasteiger partial charge in [0.25, 0.3) is 5.91 Å². The molecule has 4 aromatic rings. The number of benzene rings is 2. The summed E-state index contributed by atoms with van der Waals surface area (Å²) in [6.07, 6.45) is 5.67. The number of nitrogens with one attached hydrogen (secondary N) is 1. The molecule has 0 aliphatic carbocycles. The molecule has 36 heavy (non-hydrogen) atoms. The molecule has 0 bridgehead atoms. The van der Waals surface area contributed by atoms with Gasteiger partial charge in [-0.25, -0.2) is 4.98 Å². The van der Waals surface area contributed by atoms with Crippen molar-refractivity contribution >= 4 is 34.0 Å². The van der Waals surface area contributed by atoms with Gasteiger partial charge in [0.05, 0.1) is 40.9 Å². The van der Waals surface area contributed by atoms with Crippen molar-refractivity contribution in [2.75, 3.05) is 25.6 Å². The fourth-order valence-corrected chi connectivity index (χ4v) is 5.69. The zero-order chi connectivity index (χ0) is 24.5. The van der Waals surface area contributed by atoms with Gasteiger partial charge in [0.15, 0.2) is 17.3 Å². The zero-order valence-corrected chi connectivity index (χ0v) is 21.0. The molecule has 2 aromatic heterocycles. The van der Waals surface area contributed by atoms with Crippen LogP contribution in [0.4, 0.5) is 5.69 Å². The lowest BCUT2D eigenvalue weighted by Gasteiger charge is -2.18. The number of thiophene rings is 1. The van der Waals surface area contributed by atoms with Gasteiger partial charge in [-0.1, -0.05) is 18.2 Å². The Kier molecular flexibility index (Phi) is 6.11. The summed E-state index contributed by atoms with van der Waals surface area (Å²) < 4.78 is 14.0. The van der Waals surface area contributed by atoms with Crippen LogP contribution in [0, 0.1) is 0 Å². The number of nitrogens with zero attached hydrogens (tertiary/aromatic N) is 3. The van der Waals surface area contributed by atoms with Crippen LogP contribution in [0.1, 0.15) is 36.0 Å². The van der Waals surface area contributed by atoms with Crippen molar-refractivity contribution in [3.63, 3.8) is 0 Å². The van der Waals surface area contributed by atoms with Crippen LogP contribution < -0.4 is 14.8 Å². The van der Waals surface area contributed by atoms with E-state index in [2.05, 4.69) is 45.6 Å². The molecule has 2 aromatic carbocycles. The van der Waals surface area contributed by atoms with Gasteiger partial charge < -0.3 is 24.3 Å². The molecule has 0 spiro atoms. The number of para-hydroxylation sites is 2. The smallest absolute Gasteiger partial charge is 0.260 e. The van der Waals surface area contributed by atoms with Crippen molar-refractivity contribution in [2.24, 2.45) is 0 Å². The lowest BCUT2D eigenvalue weighted by atomic mass is 10.1. The molecule has 7 nitrogen and oxygen atoms in total. The summed E-state index contributed by atoms with van der Waals surface area (Å²) in [7, 11) is 1.61. The molecule has 1 amide bonds. The summed E-state index contributed by atoms with van der Waals surface area (Å²) in [4.78, 5) is 21.0. The van der Waals surface area contributed by atoms with Crippen LogP contribution in [0.15, 0.2) is 65.8 Å². The van der Waals surface area contributed by atoms with E-state index in [0.717, 1.165) is 67.0 Å². The minimum Gasteiger partial charge on any atom is -0.493 e. The fraction of sp³-hybridized carbons (Fsp3) is 0.286. The standard InChI is InChI=1S/C28H28N4O3S/c1-34-24-16-20-22(29-18-19-8-6-13-31(19)28(20)33)17-25(24)35-14-5-4-12-32-23-10-3-2-9-21(23)30-27(32)26-11-7-15-36-26/h2-3,7,9-11,15-18,29H,4-6,8,12-14H2,1H3. The first-order chi connectivity index (χ1) is 17.7. The molecular weight excluding hydrogens is 472 g/mol. The van der Waals surface area contributed by atoms with Crippen molar-refractivity contribution in [1.29, 1.82) is 0 Å². The fourth-order valence-electron chi connectivity index (χ4n) is 4.96. The number of aryl methyl sites for hydroxylation is 1. The van der Waals surface area contributed by atoms with Crippen LogP contribution in [-0.4, -0.2) is 40.6 Å². The second-order valence-electron chi connectivity index (χ2n) is 9.00. The van der Waals surface area contributed by atoms with Gasteiger partial charge in [-0.15, -0.1) is 11.3 Å². The number of allylic oxidation sites excluding steroid dienone is 1. The quantitative estimate of drug-likeness (QED) is 0.295. The summed E-state index contributed by atoms with van der Waals surface area (Å²) in [6.45, 7) is 2.17. The number of rotatable bonds is 8. The molecule has 0 atom stereocenters. The van der Waals surface area contributed by atoms with Crippen molar-refractivity contribution < 1.29 is 14.3 Å². The lowest BCUT2D eigenvalue weighted by molar-refractivity contribution is 0.0827. The van der Waals surface area contributed by atoms with Crippen molar-refractivity contribution in [2.45, 2.75) is 32.2 Å². The summed E-state index contributed by atoms with van der Waals surface area (Å²) in [5, 5.41) is 5.39. The molecule has 6 rings (SSSR count). The lowest BCUT2D eigenvalue weighted by Crippen LogP contribution is -2.25. The van der Waals surface area contributed by atoms with E-state index < -0.39 is 0 Å². The van der Waals surface area contributed by atoms with E-state index in [9.17, 15) is 4.79 Å². The average molecular weight is 501 g/mol. The number of methoxy groups -OCH3 is 1. The number of unbranched alkanes of at least 4 members (excludes halogenated alkanes) is 1. The normalized spacial score (nSPS) is 14.8. The SMILES string of the molecule is COc1cc2c(cc1OCCCCn1c(-c3cccs3)nc3ccccc31)NC=C1CCCN1C2=O. The molecule has 0 unspecified atom stereocenters. The number of carbonyl (C=O) groups is 1. The van der Waals surface area contributed by atoms with Crippen LogP contribution in [0.5, 0.6) is 11.5 Å². The van der Waals surface area contributed by atoms with Gasteiger partial charge >= 0.3 is 0 Å². The molecular formula is C28H28N4O3S. The molecule has 1 fully saturated rings. The summed E-state index contributed by atoms with van der Waals surface area (Å²) >= 11 is 1.71. The van der Waals surface area contributed by atoms with Gasteiger partial charge in [0.2, 0.25) is 0 Å². The molecule has 4 heterocycles. The highest BCUT2D eigenvalue weighted by molar-refractivity contribution is 7.13. The molecule has 8 heteroatoms. The Morgan fingerprint density at radius 2 is 2.03 bits per heavy atom. The Labute approximate surface area is 214 Å². The highest BCUT2D eigenvalue weighted by Gasteiger charge is 2.29. The van der Waals surface area contributed by atoms with Crippen LogP contribution in [-0.2, 0) is 6.54 Å². The first-order valence-corrected chi connectivity index (χ1v) is 13.2. The molecule has 0 radical (unpaired) electrons. The van der Waals surface area contributed by atoms with Crippen LogP contribution in [0.25, 0.3) is 21.7 Å². The van der Waals surface area contributed by atoms with E-state index in [0.29, 0.717) is 23.7 Å².